The van der Waals surface area contributed by atoms with Crippen molar-refractivity contribution in [2.24, 2.45) is 0 Å². The molecule has 0 saturated carbocycles. The Morgan fingerprint density at radius 3 is 2.43 bits per heavy atom. The van der Waals surface area contributed by atoms with E-state index in [9.17, 15) is 10.1 Å². The van der Waals surface area contributed by atoms with Crippen molar-refractivity contribution in [2.75, 3.05) is 12.4 Å². The van der Waals surface area contributed by atoms with Gasteiger partial charge in [0.05, 0.1) is 42.8 Å². The van der Waals surface area contributed by atoms with Gasteiger partial charge in [-0.05, 0) is 24.3 Å². The monoisotopic (exact) mass is 666 g/mol. The molecule has 0 amide bonds. The zero-order valence-electron chi connectivity index (χ0n) is 22.7. The van der Waals surface area contributed by atoms with E-state index in [0.29, 0.717) is 39.2 Å². The molecular formula is C28H19BrN12O2S. The second-order valence-corrected chi connectivity index (χ2v) is 10.4. The Bertz CT molecular complexity index is 1960. The minimum absolute atomic E-state index is 0.174. The number of thiazole rings is 1. The highest BCUT2D eigenvalue weighted by molar-refractivity contribution is 9.09. The summed E-state index contributed by atoms with van der Waals surface area (Å²) in [5.41, 5.74) is 2.95. The number of rotatable bonds is 8. The fraction of sp³-hybridized carbons (Fsp3) is 0.0714. The van der Waals surface area contributed by atoms with E-state index in [0.717, 1.165) is 10.6 Å². The first-order chi connectivity index (χ1) is 21.5. The fourth-order valence-corrected chi connectivity index (χ4v) is 5.11. The van der Waals surface area contributed by atoms with E-state index < -0.39 is 4.95 Å². The summed E-state index contributed by atoms with van der Waals surface area (Å²) in [5.74, 6) is 0.730. The molecular weight excluding hydrogens is 648 g/mol. The third-order valence-electron chi connectivity index (χ3n) is 5.72. The van der Waals surface area contributed by atoms with Crippen molar-refractivity contribution in [3.05, 3.63) is 103 Å². The van der Waals surface area contributed by atoms with Crippen LogP contribution in [0.1, 0.15) is 26.4 Å². The van der Waals surface area contributed by atoms with Gasteiger partial charge in [-0.3, -0.25) is 9.78 Å². The first kappa shape index (κ1) is 29.6. The Kier molecular flexibility index (Phi) is 9.35. The van der Waals surface area contributed by atoms with Crippen LogP contribution in [0.5, 0.6) is 5.88 Å². The van der Waals surface area contributed by atoms with Crippen LogP contribution in [0.15, 0.2) is 86.2 Å². The predicted molar refractivity (Wildman–Crippen MR) is 163 cm³/mol. The van der Waals surface area contributed by atoms with Crippen LogP contribution in [0.3, 0.4) is 0 Å². The minimum atomic E-state index is -0.612. The van der Waals surface area contributed by atoms with E-state index in [1.54, 1.807) is 53.6 Å². The summed E-state index contributed by atoms with van der Waals surface area (Å²) >= 11 is 4.62. The van der Waals surface area contributed by atoms with E-state index in [4.69, 9.17) is 10.00 Å². The molecule has 0 bridgehead atoms. The van der Waals surface area contributed by atoms with E-state index >= 15 is 0 Å². The number of nitrogens with zero attached hydrogens (tertiary/aromatic N) is 11. The second-order valence-electron chi connectivity index (χ2n) is 8.55. The molecule has 0 aliphatic rings. The van der Waals surface area contributed by atoms with Crippen LogP contribution in [-0.4, -0.2) is 57.4 Å². The van der Waals surface area contributed by atoms with Crippen molar-refractivity contribution in [3.8, 4) is 34.3 Å². The molecule has 14 nitrogen and oxygen atoms in total. The average molecular weight is 668 g/mol. The van der Waals surface area contributed by atoms with Gasteiger partial charge in [-0.25, -0.2) is 24.3 Å². The Morgan fingerprint density at radius 1 is 0.977 bits per heavy atom. The van der Waals surface area contributed by atoms with Gasteiger partial charge < -0.3 is 10.1 Å². The molecule has 1 N–H and O–H groups in total. The van der Waals surface area contributed by atoms with E-state index in [1.165, 1.54) is 48.3 Å². The molecule has 0 fully saturated rings. The number of aromatic nitrogens is 9. The number of Topliss-reactive ketones (excluding diaryl/α,β-unsaturated/α-hetero) is 1. The number of ether oxygens (including phenoxy) is 1. The van der Waals surface area contributed by atoms with E-state index in [2.05, 4.69) is 62.4 Å². The maximum absolute atomic E-state index is 12.1. The zero-order chi connectivity index (χ0) is 30.9. The highest BCUT2D eigenvalue weighted by Crippen LogP contribution is 2.35. The molecule has 1 atom stereocenters. The molecule has 16 heteroatoms. The molecule has 6 aromatic rings. The van der Waals surface area contributed by atoms with Crippen molar-refractivity contribution >= 4 is 44.0 Å². The smallest absolute Gasteiger partial charge is 0.233 e. The molecule has 0 radical (unpaired) electrons. The SMILES string of the molecule is COc1cncc(Nc2nc(-c3cccc(C#N)c3)c(-n3cncn3)s2)n1.N#Cc1cccc(C(=O)C(Br)n2cncn2)c1. The summed E-state index contributed by atoms with van der Waals surface area (Å²) in [6.45, 7) is 0. The molecule has 0 aliphatic carbocycles. The van der Waals surface area contributed by atoms with E-state index in [1.807, 2.05) is 18.2 Å². The summed E-state index contributed by atoms with van der Waals surface area (Å²) in [6.07, 6.45) is 8.95. The third-order valence-corrected chi connectivity index (χ3v) is 7.52. The fourth-order valence-electron chi connectivity index (χ4n) is 3.71. The molecule has 0 spiro atoms. The number of ketones is 1. The predicted octanol–water partition coefficient (Wildman–Crippen LogP) is 4.73. The van der Waals surface area contributed by atoms with E-state index in [-0.39, 0.29) is 5.78 Å². The Labute approximate surface area is 262 Å². The van der Waals surface area contributed by atoms with Crippen LogP contribution in [0.2, 0.25) is 0 Å². The van der Waals surface area contributed by atoms with Crippen LogP contribution >= 0.6 is 27.3 Å². The Hall–Kier alpha value is -5.84. The standard InChI is InChI=1S/C17H12N8OS.C11H7BrN4O/c1-26-14-8-19-7-13(22-14)23-17-24-15(12-4-2-3-11(5-12)6-18)16(27-17)25-10-20-9-21-25;12-11(16-7-14-6-15-16)10(17)9-3-1-2-8(4-9)5-13/h2-5,7-10H,1H3,(H,22,23,24);1-4,6-7,11H. The average Bonchev–Trinajstić information content (AvgIpc) is 3.87. The highest BCUT2D eigenvalue weighted by atomic mass is 79.9. The number of hydrogen-bond acceptors (Lipinski definition) is 13. The highest BCUT2D eigenvalue weighted by Gasteiger charge is 2.20. The lowest BCUT2D eigenvalue weighted by Gasteiger charge is -2.08. The number of nitriles is 2. The van der Waals surface area contributed by atoms with Crippen LogP contribution in [0.25, 0.3) is 16.3 Å². The number of alkyl halides is 1. The molecule has 6 rings (SSSR count). The summed E-state index contributed by atoms with van der Waals surface area (Å²) in [7, 11) is 1.53. The first-order valence-electron chi connectivity index (χ1n) is 12.5. The van der Waals surface area contributed by atoms with Gasteiger partial charge in [0.1, 0.15) is 36.0 Å². The van der Waals surface area contributed by atoms with Gasteiger partial charge in [0.2, 0.25) is 5.88 Å². The van der Waals surface area contributed by atoms with Gasteiger partial charge in [0.25, 0.3) is 0 Å². The maximum atomic E-state index is 12.1. The lowest BCUT2D eigenvalue weighted by atomic mass is 10.1. The lowest BCUT2D eigenvalue weighted by molar-refractivity contribution is 0.0965. The number of carbonyl (C=O) groups is 1. The summed E-state index contributed by atoms with van der Waals surface area (Å²) in [6, 6.07) is 17.9. The number of hydrogen-bond donors (Lipinski definition) is 1. The molecule has 216 valence electrons. The van der Waals surface area contributed by atoms with Crippen LogP contribution in [0, 0.1) is 22.7 Å². The minimum Gasteiger partial charge on any atom is -0.480 e. The molecule has 2 aromatic carbocycles. The number of halogens is 1. The zero-order valence-corrected chi connectivity index (χ0v) is 25.1. The van der Waals surface area contributed by atoms with Crippen molar-refractivity contribution in [3.63, 3.8) is 0 Å². The van der Waals surface area contributed by atoms with Crippen LogP contribution in [-0.2, 0) is 0 Å². The Balaban J connectivity index is 0.000000195. The Morgan fingerprint density at radius 2 is 1.73 bits per heavy atom. The van der Waals surface area contributed by atoms with Gasteiger partial charge >= 0.3 is 0 Å². The number of anilines is 2. The van der Waals surface area contributed by atoms with Crippen molar-refractivity contribution in [1.82, 2.24) is 44.5 Å². The van der Waals surface area contributed by atoms with Gasteiger partial charge in [0, 0.05) is 11.1 Å². The lowest BCUT2D eigenvalue weighted by Crippen LogP contribution is -2.14. The number of benzene rings is 2. The molecule has 0 saturated heterocycles. The number of nitrogens with one attached hydrogen (secondary N) is 1. The third kappa shape index (κ3) is 6.96. The number of carbonyl (C=O) groups excluding carboxylic acids is 1. The molecule has 4 heterocycles. The van der Waals surface area contributed by atoms with Gasteiger partial charge in [-0.15, -0.1) is 0 Å². The van der Waals surface area contributed by atoms with Gasteiger partial charge in [-0.1, -0.05) is 51.5 Å². The molecule has 4 aromatic heterocycles. The molecule has 0 aliphatic heterocycles. The van der Waals surface area contributed by atoms with Crippen LogP contribution in [0.4, 0.5) is 10.9 Å². The maximum Gasteiger partial charge on any atom is 0.233 e. The van der Waals surface area contributed by atoms with Gasteiger partial charge in [-0.2, -0.15) is 25.7 Å². The van der Waals surface area contributed by atoms with Crippen molar-refractivity contribution < 1.29 is 9.53 Å². The second kappa shape index (κ2) is 13.9. The van der Waals surface area contributed by atoms with Crippen molar-refractivity contribution in [1.29, 1.82) is 10.5 Å². The molecule has 1 unspecified atom stereocenters. The largest absolute Gasteiger partial charge is 0.480 e. The topological polar surface area (TPSA) is 186 Å². The normalized spacial score (nSPS) is 10.9. The number of methoxy groups -OCH3 is 1. The summed E-state index contributed by atoms with van der Waals surface area (Å²) < 4.78 is 8.13. The van der Waals surface area contributed by atoms with Gasteiger partial charge in [0.15, 0.2) is 21.7 Å². The first-order valence-corrected chi connectivity index (χ1v) is 14.2. The van der Waals surface area contributed by atoms with Crippen molar-refractivity contribution in [2.45, 2.75) is 4.95 Å². The molecule has 44 heavy (non-hydrogen) atoms. The summed E-state index contributed by atoms with van der Waals surface area (Å²) in [5, 5.41) is 30.5. The van der Waals surface area contributed by atoms with Crippen LogP contribution < -0.4 is 10.1 Å². The summed E-state index contributed by atoms with van der Waals surface area (Å²) in [4.78, 5) is 32.2. The quantitative estimate of drug-likeness (QED) is 0.174.